The predicted octanol–water partition coefficient (Wildman–Crippen LogP) is 2.08. The number of halogens is 1. The van der Waals surface area contributed by atoms with Gasteiger partial charge in [0, 0.05) is 11.8 Å². The van der Waals surface area contributed by atoms with E-state index in [1.165, 1.54) is 12.3 Å². The molecule has 1 aromatic carbocycles. The fourth-order valence-electron chi connectivity index (χ4n) is 1.90. The van der Waals surface area contributed by atoms with Gasteiger partial charge in [0.05, 0.1) is 11.1 Å². The first-order chi connectivity index (χ1) is 9.47. The Morgan fingerprint density at radius 2 is 1.95 bits per heavy atom. The van der Waals surface area contributed by atoms with Gasteiger partial charge in [0.2, 0.25) is 0 Å². The highest BCUT2D eigenvalue weighted by molar-refractivity contribution is 7.90. The van der Waals surface area contributed by atoms with Crippen LogP contribution >= 0.6 is 11.6 Å². The van der Waals surface area contributed by atoms with Gasteiger partial charge in [-0.05, 0) is 12.1 Å². The molecule has 2 aromatic heterocycles. The van der Waals surface area contributed by atoms with Crippen molar-refractivity contribution < 1.29 is 8.42 Å². The molecule has 0 aliphatic heterocycles. The molecule has 0 atom stereocenters. The molecule has 0 unspecified atom stereocenters. The molecule has 3 aromatic rings. The summed E-state index contributed by atoms with van der Waals surface area (Å²) in [6.45, 7) is 0. The molecular weight excluding hydrogens is 300 g/mol. The van der Waals surface area contributed by atoms with E-state index in [4.69, 9.17) is 11.6 Å². The molecule has 0 aliphatic carbocycles. The van der Waals surface area contributed by atoms with Gasteiger partial charge in [-0.1, -0.05) is 23.7 Å². The standard InChI is InChI=1S/C12H9ClN4O2S/c1-20(18,19)9-5-3-2-4-7(9)12-15-8-6-14-17-10(8)11(13)16-12/h2-6H,1H3,(H,14,17). The summed E-state index contributed by atoms with van der Waals surface area (Å²) < 4.78 is 23.6. The van der Waals surface area contributed by atoms with Crippen LogP contribution in [0.3, 0.4) is 0 Å². The van der Waals surface area contributed by atoms with Gasteiger partial charge in [-0.3, -0.25) is 5.10 Å². The molecule has 0 saturated heterocycles. The van der Waals surface area contributed by atoms with Gasteiger partial charge in [0.25, 0.3) is 0 Å². The van der Waals surface area contributed by atoms with Crippen LogP contribution in [0.4, 0.5) is 0 Å². The van der Waals surface area contributed by atoms with Crippen LogP contribution in [0.25, 0.3) is 22.4 Å². The number of H-pyrrole nitrogens is 1. The lowest BCUT2D eigenvalue weighted by Crippen LogP contribution is -2.01. The van der Waals surface area contributed by atoms with Gasteiger partial charge in [0.15, 0.2) is 20.8 Å². The van der Waals surface area contributed by atoms with Crippen molar-refractivity contribution >= 4 is 32.5 Å². The van der Waals surface area contributed by atoms with Crippen LogP contribution in [0.15, 0.2) is 35.4 Å². The summed E-state index contributed by atoms with van der Waals surface area (Å²) in [5.74, 6) is 0.255. The molecular formula is C12H9ClN4O2S. The predicted molar refractivity (Wildman–Crippen MR) is 75.2 cm³/mol. The summed E-state index contributed by atoms with van der Waals surface area (Å²) in [5, 5.41) is 6.72. The highest BCUT2D eigenvalue weighted by Crippen LogP contribution is 2.27. The fraction of sp³-hybridized carbons (Fsp3) is 0.0833. The van der Waals surface area contributed by atoms with E-state index >= 15 is 0 Å². The zero-order chi connectivity index (χ0) is 14.3. The maximum atomic E-state index is 11.8. The van der Waals surface area contributed by atoms with E-state index in [0.717, 1.165) is 6.26 Å². The second-order valence-corrected chi connectivity index (χ2v) is 6.58. The minimum absolute atomic E-state index is 0.166. The van der Waals surface area contributed by atoms with Crippen molar-refractivity contribution in [2.45, 2.75) is 4.90 Å². The van der Waals surface area contributed by atoms with Crippen molar-refractivity contribution in [2.24, 2.45) is 0 Å². The second kappa shape index (κ2) is 4.53. The summed E-state index contributed by atoms with van der Waals surface area (Å²) in [7, 11) is -3.38. The fourth-order valence-corrected chi connectivity index (χ4v) is 3.00. The van der Waals surface area contributed by atoms with E-state index in [-0.39, 0.29) is 15.9 Å². The summed E-state index contributed by atoms with van der Waals surface area (Å²) in [4.78, 5) is 8.59. The lowest BCUT2D eigenvalue weighted by atomic mass is 10.2. The van der Waals surface area contributed by atoms with Crippen molar-refractivity contribution in [1.29, 1.82) is 0 Å². The molecule has 0 amide bonds. The van der Waals surface area contributed by atoms with Crippen LogP contribution in [-0.2, 0) is 9.84 Å². The molecule has 0 spiro atoms. The number of benzene rings is 1. The third-order valence-corrected chi connectivity index (χ3v) is 4.21. The first-order valence-electron chi connectivity index (χ1n) is 5.63. The Kier molecular flexibility index (Phi) is 2.95. The first kappa shape index (κ1) is 13.0. The van der Waals surface area contributed by atoms with Crippen molar-refractivity contribution in [3.8, 4) is 11.4 Å². The molecule has 6 nitrogen and oxygen atoms in total. The van der Waals surface area contributed by atoms with Crippen LogP contribution < -0.4 is 0 Å². The normalized spacial score (nSPS) is 11.9. The van der Waals surface area contributed by atoms with Crippen LogP contribution in [-0.4, -0.2) is 34.8 Å². The number of aromatic nitrogens is 4. The Hall–Kier alpha value is -1.99. The van der Waals surface area contributed by atoms with Gasteiger partial charge in [0.1, 0.15) is 11.0 Å². The maximum absolute atomic E-state index is 11.8. The Balaban J connectivity index is 2.31. The van der Waals surface area contributed by atoms with Gasteiger partial charge < -0.3 is 0 Å². The van der Waals surface area contributed by atoms with E-state index in [1.807, 2.05) is 0 Å². The quantitative estimate of drug-likeness (QED) is 0.732. The highest BCUT2D eigenvalue weighted by atomic mass is 35.5. The molecule has 20 heavy (non-hydrogen) atoms. The summed E-state index contributed by atoms with van der Waals surface area (Å²) in [5.41, 5.74) is 1.47. The number of nitrogens with zero attached hydrogens (tertiary/aromatic N) is 3. The molecule has 8 heteroatoms. The monoisotopic (exact) mass is 308 g/mol. The van der Waals surface area contributed by atoms with Crippen molar-refractivity contribution in [2.75, 3.05) is 6.26 Å². The Bertz CT molecular complexity index is 905. The van der Waals surface area contributed by atoms with Crippen molar-refractivity contribution in [3.63, 3.8) is 0 Å². The highest BCUT2D eigenvalue weighted by Gasteiger charge is 2.17. The van der Waals surface area contributed by atoms with Crippen LogP contribution in [0.2, 0.25) is 5.15 Å². The van der Waals surface area contributed by atoms with E-state index in [9.17, 15) is 8.42 Å². The Labute approximate surface area is 119 Å². The Morgan fingerprint density at radius 1 is 1.20 bits per heavy atom. The molecule has 0 bridgehead atoms. The van der Waals surface area contributed by atoms with Gasteiger partial charge >= 0.3 is 0 Å². The zero-order valence-electron chi connectivity index (χ0n) is 10.3. The third-order valence-electron chi connectivity index (χ3n) is 2.78. The molecule has 102 valence electrons. The Morgan fingerprint density at radius 3 is 2.70 bits per heavy atom. The molecule has 3 rings (SSSR count). The third kappa shape index (κ3) is 2.14. The average Bonchev–Trinajstić information content (AvgIpc) is 2.86. The molecule has 1 N–H and O–H groups in total. The number of fused-ring (bicyclic) bond motifs is 1. The molecule has 0 saturated carbocycles. The first-order valence-corrected chi connectivity index (χ1v) is 7.90. The minimum atomic E-state index is -3.38. The number of hydrogen-bond donors (Lipinski definition) is 1. The van der Waals surface area contributed by atoms with E-state index < -0.39 is 9.84 Å². The lowest BCUT2D eigenvalue weighted by molar-refractivity contribution is 0.602. The zero-order valence-corrected chi connectivity index (χ0v) is 11.9. The average molecular weight is 309 g/mol. The largest absolute Gasteiger partial charge is 0.273 e. The molecule has 2 heterocycles. The van der Waals surface area contributed by atoms with Gasteiger partial charge in [-0.2, -0.15) is 5.10 Å². The van der Waals surface area contributed by atoms with Gasteiger partial charge in [-0.15, -0.1) is 0 Å². The smallest absolute Gasteiger partial charge is 0.176 e. The SMILES string of the molecule is CS(=O)(=O)c1ccccc1-c1nc(Cl)c2[nH]ncc2n1. The van der Waals surface area contributed by atoms with Crippen molar-refractivity contribution in [3.05, 3.63) is 35.6 Å². The molecule has 0 aliphatic rings. The van der Waals surface area contributed by atoms with Crippen LogP contribution in [0, 0.1) is 0 Å². The van der Waals surface area contributed by atoms with Crippen LogP contribution in [0.1, 0.15) is 0 Å². The molecule has 0 radical (unpaired) electrons. The lowest BCUT2D eigenvalue weighted by Gasteiger charge is -2.06. The molecule has 0 fully saturated rings. The maximum Gasteiger partial charge on any atom is 0.176 e. The number of nitrogens with one attached hydrogen (secondary N) is 1. The number of rotatable bonds is 2. The minimum Gasteiger partial charge on any atom is -0.273 e. The summed E-state index contributed by atoms with van der Waals surface area (Å²) in [6, 6.07) is 6.54. The second-order valence-electron chi connectivity index (χ2n) is 4.24. The number of hydrogen-bond acceptors (Lipinski definition) is 5. The van der Waals surface area contributed by atoms with Crippen LogP contribution in [0.5, 0.6) is 0 Å². The number of aromatic amines is 1. The van der Waals surface area contributed by atoms with Gasteiger partial charge in [-0.25, -0.2) is 18.4 Å². The van der Waals surface area contributed by atoms with E-state index in [1.54, 1.807) is 18.2 Å². The van der Waals surface area contributed by atoms with E-state index in [0.29, 0.717) is 16.6 Å². The summed E-state index contributed by atoms with van der Waals surface area (Å²) >= 11 is 6.05. The van der Waals surface area contributed by atoms with E-state index in [2.05, 4.69) is 20.2 Å². The topological polar surface area (TPSA) is 88.6 Å². The number of sulfone groups is 1. The summed E-state index contributed by atoms with van der Waals surface area (Å²) in [6.07, 6.45) is 2.65. The van der Waals surface area contributed by atoms with Crippen molar-refractivity contribution in [1.82, 2.24) is 20.2 Å².